The van der Waals surface area contributed by atoms with Crippen LogP contribution in [-0.4, -0.2) is 51.3 Å². The summed E-state index contributed by atoms with van der Waals surface area (Å²) in [5.74, 6) is 0.808. The van der Waals surface area contributed by atoms with Gasteiger partial charge in [-0.15, -0.1) is 0 Å². The van der Waals surface area contributed by atoms with E-state index in [-0.39, 0.29) is 0 Å². The Balaban J connectivity index is 1.95. The molecule has 1 heterocycles. The van der Waals surface area contributed by atoms with Crippen LogP contribution in [0.5, 0.6) is 0 Å². The summed E-state index contributed by atoms with van der Waals surface area (Å²) in [6, 6.07) is 0. The van der Waals surface area contributed by atoms with Gasteiger partial charge in [-0.2, -0.15) is 0 Å². The van der Waals surface area contributed by atoms with Gasteiger partial charge in [0.15, 0.2) is 0 Å². The van der Waals surface area contributed by atoms with Gasteiger partial charge in [0.05, 0.1) is 0 Å². The average Bonchev–Trinajstić information content (AvgIpc) is 2.31. The Labute approximate surface area is 101 Å². The molecule has 0 aromatic rings. The molecule has 0 aliphatic carbocycles. The topological polar surface area (TPSA) is 24.5 Å². The Morgan fingerprint density at radius 2 is 2.00 bits per heavy atom. The SMILES string of the molecule is CCNCCCCN1CCC(COC)CC1. The van der Waals surface area contributed by atoms with Crippen molar-refractivity contribution in [2.75, 3.05) is 46.4 Å². The molecule has 1 saturated heterocycles. The van der Waals surface area contributed by atoms with Gasteiger partial charge in [0.1, 0.15) is 0 Å². The zero-order valence-electron chi connectivity index (χ0n) is 11.0. The second-order valence-electron chi connectivity index (χ2n) is 4.80. The zero-order valence-corrected chi connectivity index (χ0v) is 11.0. The van der Waals surface area contributed by atoms with Crippen LogP contribution >= 0.6 is 0 Å². The number of likely N-dealkylation sites (tertiary alicyclic amines) is 1. The van der Waals surface area contributed by atoms with Crippen LogP contribution in [0.3, 0.4) is 0 Å². The summed E-state index contributed by atoms with van der Waals surface area (Å²) in [5, 5.41) is 3.37. The molecule has 3 heteroatoms. The number of nitrogens with zero attached hydrogens (tertiary/aromatic N) is 1. The molecule has 0 radical (unpaired) electrons. The van der Waals surface area contributed by atoms with Crippen LogP contribution in [0.25, 0.3) is 0 Å². The first-order valence-electron chi connectivity index (χ1n) is 6.78. The van der Waals surface area contributed by atoms with Crippen molar-refractivity contribution in [2.45, 2.75) is 32.6 Å². The van der Waals surface area contributed by atoms with Crippen molar-refractivity contribution in [3.8, 4) is 0 Å². The fourth-order valence-electron chi connectivity index (χ4n) is 2.37. The average molecular weight is 228 g/mol. The number of rotatable bonds is 8. The van der Waals surface area contributed by atoms with Crippen LogP contribution in [0.2, 0.25) is 0 Å². The van der Waals surface area contributed by atoms with Crippen molar-refractivity contribution < 1.29 is 4.74 Å². The molecule has 1 aliphatic rings. The van der Waals surface area contributed by atoms with Crippen molar-refractivity contribution in [3.05, 3.63) is 0 Å². The summed E-state index contributed by atoms with van der Waals surface area (Å²) < 4.78 is 5.22. The largest absolute Gasteiger partial charge is 0.384 e. The van der Waals surface area contributed by atoms with Crippen molar-refractivity contribution >= 4 is 0 Å². The van der Waals surface area contributed by atoms with Gasteiger partial charge in [-0.25, -0.2) is 0 Å². The molecule has 1 aliphatic heterocycles. The Hall–Kier alpha value is -0.120. The highest BCUT2D eigenvalue weighted by atomic mass is 16.5. The minimum Gasteiger partial charge on any atom is -0.384 e. The summed E-state index contributed by atoms with van der Waals surface area (Å²) in [7, 11) is 1.81. The van der Waals surface area contributed by atoms with Gasteiger partial charge in [0, 0.05) is 13.7 Å². The summed E-state index contributed by atoms with van der Waals surface area (Å²) in [6.07, 6.45) is 5.29. The van der Waals surface area contributed by atoms with Crippen LogP contribution in [0.4, 0.5) is 0 Å². The smallest absolute Gasteiger partial charge is 0.0491 e. The minimum absolute atomic E-state index is 0.808. The van der Waals surface area contributed by atoms with Crippen molar-refractivity contribution in [3.63, 3.8) is 0 Å². The van der Waals surface area contributed by atoms with Crippen LogP contribution in [0.1, 0.15) is 32.6 Å². The van der Waals surface area contributed by atoms with E-state index < -0.39 is 0 Å². The normalized spacial score (nSPS) is 19.1. The van der Waals surface area contributed by atoms with E-state index in [1.54, 1.807) is 0 Å². The monoisotopic (exact) mass is 228 g/mol. The van der Waals surface area contributed by atoms with E-state index in [4.69, 9.17) is 4.74 Å². The van der Waals surface area contributed by atoms with E-state index in [2.05, 4.69) is 17.1 Å². The summed E-state index contributed by atoms with van der Waals surface area (Å²) in [5.41, 5.74) is 0. The Morgan fingerprint density at radius 1 is 1.25 bits per heavy atom. The summed E-state index contributed by atoms with van der Waals surface area (Å²) in [4.78, 5) is 2.61. The molecule has 0 unspecified atom stereocenters. The third-order valence-electron chi connectivity index (χ3n) is 3.44. The zero-order chi connectivity index (χ0) is 11.6. The van der Waals surface area contributed by atoms with Crippen LogP contribution in [0.15, 0.2) is 0 Å². The standard InChI is InChI=1S/C13H28N2O/c1-3-14-8-4-5-9-15-10-6-13(7-11-15)12-16-2/h13-14H,3-12H2,1-2H3. The van der Waals surface area contributed by atoms with E-state index in [0.29, 0.717) is 0 Å². The molecule has 0 saturated carbocycles. The molecule has 1 N–H and O–H groups in total. The highest BCUT2D eigenvalue weighted by Gasteiger charge is 2.18. The fourth-order valence-corrected chi connectivity index (χ4v) is 2.37. The predicted molar refractivity (Wildman–Crippen MR) is 68.8 cm³/mol. The molecule has 0 atom stereocenters. The second-order valence-corrected chi connectivity index (χ2v) is 4.80. The molecule has 16 heavy (non-hydrogen) atoms. The molecule has 0 spiro atoms. The highest BCUT2D eigenvalue weighted by Crippen LogP contribution is 2.17. The molecule has 1 fully saturated rings. The number of piperidine rings is 1. The Kier molecular flexibility index (Phi) is 7.81. The summed E-state index contributed by atoms with van der Waals surface area (Å²) >= 11 is 0. The van der Waals surface area contributed by atoms with Gasteiger partial charge in [0.25, 0.3) is 0 Å². The first-order valence-corrected chi connectivity index (χ1v) is 6.78. The molecular weight excluding hydrogens is 200 g/mol. The van der Waals surface area contributed by atoms with Crippen LogP contribution in [-0.2, 0) is 4.74 Å². The van der Waals surface area contributed by atoms with Gasteiger partial charge < -0.3 is 15.0 Å². The lowest BCUT2D eigenvalue weighted by molar-refractivity contribution is 0.0989. The number of hydrogen-bond acceptors (Lipinski definition) is 3. The fraction of sp³-hybridized carbons (Fsp3) is 1.00. The maximum atomic E-state index is 5.22. The van der Waals surface area contributed by atoms with E-state index in [0.717, 1.165) is 19.1 Å². The molecule has 96 valence electrons. The third kappa shape index (κ3) is 5.83. The van der Waals surface area contributed by atoms with Gasteiger partial charge in [0.2, 0.25) is 0 Å². The number of ether oxygens (including phenoxy) is 1. The first-order chi connectivity index (χ1) is 7.86. The molecule has 0 bridgehead atoms. The molecule has 0 amide bonds. The van der Waals surface area contributed by atoms with Crippen molar-refractivity contribution in [1.29, 1.82) is 0 Å². The van der Waals surface area contributed by atoms with Crippen LogP contribution < -0.4 is 5.32 Å². The van der Waals surface area contributed by atoms with E-state index in [1.807, 2.05) is 7.11 Å². The highest BCUT2D eigenvalue weighted by molar-refractivity contribution is 4.71. The number of hydrogen-bond donors (Lipinski definition) is 1. The maximum Gasteiger partial charge on any atom is 0.0491 e. The third-order valence-corrected chi connectivity index (χ3v) is 3.44. The minimum atomic E-state index is 0.808. The second kappa shape index (κ2) is 8.97. The van der Waals surface area contributed by atoms with E-state index >= 15 is 0 Å². The molecule has 0 aromatic heterocycles. The lowest BCUT2D eigenvalue weighted by Crippen LogP contribution is -2.35. The molecule has 3 nitrogen and oxygen atoms in total. The Morgan fingerprint density at radius 3 is 2.62 bits per heavy atom. The van der Waals surface area contributed by atoms with Crippen molar-refractivity contribution in [1.82, 2.24) is 10.2 Å². The lowest BCUT2D eigenvalue weighted by atomic mass is 9.98. The molecule has 1 rings (SSSR count). The van der Waals surface area contributed by atoms with Gasteiger partial charge in [-0.1, -0.05) is 6.92 Å². The predicted octanol–water partition coefficient (Wildman–Crippen LogP) is 1.73. The van der Waals surface area contributed by atoms with Crippen LogP contribution in [0, 0.1) is 5.92 Å². The number of unbranched alkanes of at least 4 members (excludes halogenated alkanes) is 1. The Bertz CT molecular complexity index is 156. The van der Waals surface area contributed by atoms with Gasteiger partial charge in [-0.3, -0.25) is 0 Å². The maximum absolute atomic E-state index is 5.22. The first kappa shape index (κ1) is 13.9. The van der Waals surface area contributed by atoms with Gasteiger partial charge >= 0.3 is 0 Å². The van der Waals surface area contributed by atoms with E-state index in [9.17, 15) is 0 Å². The lowest BCUT2D eigenvalue weighted by Gasteiger charge is -2.31. The van der Waals surface area contributed by atoms with E-state index in [1.165, 1.54) is 51.9 Å². The quantitative estimate of drug-likeness (QED) is 0.640. The van der Waals surface area contributed by atoms with Gasteiger partial charge in [-0.05, 0) is 64.3 Å². The number of methoxy groups -OCH3 is 1. The number of nitrogens with one attached hydrogen (secondary N) is 1. The molecular formula is C13H28N2O. The summed E-state index contributed by atoms with van der Waals surface area (Å²) in [6.45, 7) is 9.23. The van der Waals surface area contributed by atoms with Crippen molar-refractivity contribution in [2.24, 2.45) is 5.92 Å². The molecule has 0 aromatic carbocycles.